The molecule has 0 aliphatic rings. The Morgan fingerprint density at radius 3 is 2.43 bits per heavy atom. The van der Waals surface area contributed by atoms with Gasteiger partial charge in [-0.1, -0.05) is 11.6 Å². The first-order valence-electron chi connectivity index (χ1n) is 6.11. The quantitative estimate of drug-likeness (QED) is 0.778. The third-order valence-electron chi connectivity index (χ3n) is 2.65. The zero-order valence-corrected chi connectivity index (χ0v) is 14.4. The minimum absolute atomic E-state index is 0.0786. The fraction of sp³-hybridized carbons (Fsp3) is 0.545. The van der Waals surface area contributed by atoms with Crippen LogP contribution in [0, 0.1) is 0 Å². The van der Waals surface area contributed by atoms with Gasteiger partial charge in [0, 0.05) is 32.6 Å². The van der Waals surface area contributed by atoms with Gasteiger partial charge in [0.05, 0.1) is 10.8 Å². The zero-order valence-electron chi connectivity index (χ0n) is 12.0. The Balaban J connectivity index is 2.99. The fourth-order valence-electron chi connectivity index (χ4n) is 1.45. The summed E-state index contributed by atoms with van der Waals surface area (Å²) in [6.45, 7) is 2.34. The highest BCUT2D eigenvalue weighted by atomic mass is 35.5. The maximum absolute atomic E-state index is 12.3. The summed E-state index contributed by atoms with van der Waals surface area (Å²) in [4.78, 5) is 3.88. The van der Waals surface area contributed by atoms with Crippen molar-refractivity contribution in [2.24, 2.45) is 0 Å². The summed E-state index contributed by atoms with van der Waals surface area (Å²) < 4.78 is 47.7. The average molecular weight is 356 g/mol. The molecule has 10 heteroatoms. The molecule has 7 nitrogen and oxygen atoms in total. The number of rotatable bonds is 7. The molecule has 0 saturated carbocycles. The Labute approximate surface area is 130 Å². The first kappa shape index (κ1) is 18.1. The molecule has 0 bridgehead atoms. The van der Waals surface area contributed by atoms with Crippen molar-refractivity contribution in [3.05, 3.63) is 17.3 Å². The van der Waals surface area contributed by atoms with E-state index in [2.05, 4.69) is 10.3 Å². The van der Waals surface area contributed by atoms with Gasteiger partial charge in [0.15, 0.2) is 0 Å². The van der Waals surface area contributed by atoms with Crippen LogP contribution in [0.25, 0.3) is 0 Å². The second kappa shape index (κ2) is 6.91. The summed E-state index contributed by atoms with van der Waals surface area (Å²) in [6.07, 6.45) is 2.24. The topological polar surface area (TPSA) is 96.4 Å². The monoisotopic (exact) mass is 355 g/mol. The van der Waals surface area contributed by atoms with Crippen LogP contribution in [0.1, 0.15) is 6.92 Å². The van der Waals surface area contributed by atoms with Crippen molar-refractivity contribution < 1.29 is 16.8 Å². The van der Waals surface area contributed by atoms with E-state index >= 15 is 0 Å². The van der Waals surface area contributed by atoms with Crippen LogP contribution < -0.4 is 5.32 Å². The Kier molecular flexibility index (Phi) is 5.97. The molecule has 0 fully saturated rings. The SMILES string of the molecule is CCNc1ncc(S(=O)(=O)N(C)CCS(C)(=O)=O)cc1Cl. The van der Waals surface area contributed by atoms with E-state index in [4.69, 9.17) is 11.6 Å². The minimum Gasteiger partial charge on any atom is -0.369 e. The van der Waals surface area contributed by atoms with E-state index in [0.29, 0.717) is 12.4 Å². The molecular formula is C11H18ClN3O4S2. The van der Waals surface area contributed by atoms with Crippen molar-refractivity contribution in [2.45, 2.75) is 11.8 Å². The molecule has 0 radical (unpaired) electrons. The van der Waals surface area contributed by atoms with E-state index in [1.54, 1.807) is 0 Å². The molecule has 21 heavy (non-hydrogen) atoms. The molecule has 0 unspecified atom stereocenters. The molecule has 0 spiro atoms. The van der Waals surface area contributed by atoms with Crippen molar-refractivity contribution in [1.82, 2.24) is 9.29 Å². The number of aromatic nitrogens is 1. The van der Waals surface area contributed by atoms with Gasteiger partial charge in [-0.3, -0.25) is 0 Å². The Hall–Kier alpha value is -0.900. The molecule has 0 aliphatic carbocycles. The van der Waals surface area contributed by atoms with Crippen molar-refractivity contribution in [2.75, 3.05) is 37.5 Å². The van der Waals surface area contributed by atoms with E-state index in [9.17, 15) is 16.8 Å². The summed E-state index contributed by atoms with van der Waals surface area (Å²) >= 11 is 5.96. The van der Waals surface area contributed by atoms with Crippen molar-refractivity contribution in [3.8, 4) is 0 Å². The molecular weight excluding hydrogens is 338 g/mol. The van der Waals surface area contributed by atoms with Gasteiger partial charge in [0.25, 0.3) is 0 Å². The number of sulfone groups is 1. The average Bonchev–Trinajstić information content (AvgIpc) is 2.37. The van der Waals surface area contributed by atoms with Gasteiger partial charge < -0.3 is 5.32 Å². The van der Waals surface area contributed by atoms with Crippen LogP contribution in [-0.2, 0) is 19.9 Å². The predicted molar refractivity (Wildman–Crippen MR) is 82.9 cm³/mol. The van der Waals surface area contributed by atoms with Crippen LogP contribution in [-0.4, -0.2) is 58.3 Å². The van der Waals surface area contributed by atoms with E-state index in [-0.39, 0.29) is 22.2 Å². The highest BCUT2D eigenvalue weighted by Crippen LogP contribution is 2.23. The van der Waals surface area contributed by atoms with Crippen molar-refractivity contribution in [3.63, 3.8) is 0 Å². The standard InChI is InChI=1S/C11H18ClN3O4S2/c1-4-13-11-10(12)7-9(8-14-11)21(18,19)15(2)5-6-20(3,16)17/h7-8H,4-6H2,1-3H3,(H,13,14). The number of hydrogen-bond acceptors (Lipinski definition) is 6. The van der Waals surface area contributed by atoms with Crippen molar-refractivity contribution in [1.29, 1.82) is 0 Å². The molecule has 1 aromatic heterocycles. The number of halogens is 1. The Bertz CT molecular complexity index is 704. The highest BCUT2D eigenvalue weighted by molar-refractivity contribution is 7.91. The lowest BCUT2D eigenvalue weighted by atomic mass is 10.4. The van der Waals surface area contributed by atoms with Crippen LogP contribution in [0.3, 0.4) is 0 Å². The fourth-order valence-corrected chi connectivity index (χ4v) is 3.62. The summed E-state index contributed by atoms with van der Waals surface area (Å²) in [5.41, 5.74) is 0. The van der Waals surface area contributed by atoms with E-state index in [0.717, 1.165) is 10.6 Å². The number of hydrogen-bond donors (Lipinski definition) is 1. The number of nitrogens with one attached hydrogen (secondary N) is 1. The molecule has 0 amide bonds. The van der Waals surface area contributed by atoms with Crippen LogP contribution in [0.15, 0.2) is 17.2 Å². The Morgan fingerprint density at radius 1 is 1.33 bits per heavy atom. The lowest BCUT2D eigenvalue weighted by Gasteiger charge is -2.17. The molecule has 1 heterocycles. The Morgan fingerprint density at radius 2 is 1.95 bits per heavy atom. The normalized spacial score (nSPS) is 12.6. The summed E-state index contributed by atoms with van der Waals surface area (Å²) in [5.74, 6) is 0.149. The third-order valence-corrected chi connectivity index (χ3v) is 5.68. The molecule has 0 saturated heterocycles. The molecule has 0 aromatic carbocycles. The first-order chi connectivity index (χ1) is 9.58. The highest BCUT2D eigenvalue weighted by Gasteiger charge is 2.23. The summed E-state index contributed by atoms with van der Waals surface area (Å²) in [7, 11) is -5.75. The van der Waals surface area contributed by atoms with Gasteiger partial charge in [0.2, 0.25) is 10.0 Å². The maximum atomic E-state index is 12.3. The largest absolute Gasteiger partial charge is 0.369 e. The van der Waals surface area contributed by atoms with Gasteiger partial charge in [-0.15, -0.1) is 0 Å². The molecule has 1 N–H and O–H groups in total. The van der Waals surface area contributed by atoms with Crippen LogP contribution >= 0.6 is 11.6 Å². The van der Waals surface area contributed by atoms with Gasteiger partial charge >= 0.3 is 0 Å². The number of pyridine rings is 1. The van der Waals surface area contributed by atoms with Crippen LogP contribution in [0.5, 0.6) is 0 Å². The predicted octanol–water partition coefficient (Wildman–Crippen LogP) is 0.832. The van der Waals surface area contributed by atoms with Gasteiger partial charge in [0.1, 0.15) is 20.6 Å². The van der Waals surface area contributed by atoms with Gasteiger partial charge in [-0.2, -0.15) is 4.31 Å². The number of sulfonamides is 1. The van der Waals surface area contributed by atoms with Gasteiger partial charge in [-0.25, -0.2) is 21.8 Å². The van der Waals surface area contributed by atoms with Crippen LogP contribution in [0.2, 0.25) is 5.02 Å². The molecule has 120 valence electrons. The smallest absolute Gasteiger partial charge is 0.244 e. The molecule has 0 aliphatic heterocycles. The lowest BCUT2D eigenvalue weighted by Crippen LogP contribution is -2.31. The lowest BCUT2D eigenvalue weighted by molar-refractivity contribution is 0.484. The van der Waals surface area contributed by atoms with Crippen molar-refractivity contribution >= 4 is 37.3 Å². The van der Waals surface area contributed by atoms with E-state index < -0.39 is 19.9 Å². The minimum atomic E-state index is -3.82. The van der Waals surface area contributed by atoms with Gasteiger partial charge in [-0.05, 0) is 13.0 Å². The summed E-state index contributed by atoms with van der Waals surface area (Å²) in [6, 6.07) is 1.29. The maximum Gasteiger partial charge on any atom is 0.244 e. The van der Waals surface area contributed by atoms with E-state index in [1.165, 1.54) is 19.3 Å². The summed E-state index contributed by atoms with van der Waals surface area (Å²) in [5, 5.41) is 3.09. The van der Waals surface area contributed by atoms with Crippen LogP contribution in [0.4, 0.5) is 5.82 Å². The third kappa shape index (κ3) is 5.10. The second-order valence-electron chi connectivity index (χ2n) is 4.49. The molecule has 1 rings (SSSR count). The molecule has 1 aromatic rings. The second-order valence-corrected chi connectivity index (χ2v) is 9.20. The molecule has 0 atom stereocenters. The first-order valence-corrected chi connectivity index (χ1v) is 9.99. The van der Waals surface area contributed by atoms with E-state index in [1.807, 2.05) is 6.92 Å². The number of nitrogens with zero attached hydrogens (tertiary/aromatic N) is 2. The zero-order chi connectivity index (χ0) is 16.3. The number of anilines is 1.